The van der Waals surface area contributed by atoms with Crippen LogP contribution in [-0.2, 0) is 10.2 Å². The molecule has 0 aliphatic carbocycles. The highest BCUT2D eigenvalue weighted by molar-refractivity contribution is 6.05. The first-order valence-corrected chi connectivity index (χ1v) is 8.72. The number of pyridine rings is 1. The van der Waals surface area contributed by atoms with Gasteiger partial charge in [0.05, 0.1) is 16.8 Å². The number of amides is 1. The summed E-state index contributed by atoms with van der Waals surface area (Å²) in [5.74, 6) is -1.25. The summed E-state index contributed by atoms with van der Waals surface area (Å²) < 4.78 is 0. The van der Waals surface area contributed by atoms with E-state index in [2.05, 4.69) is 31.1 Å². The number of aromatic nitrogens is 1. The van der Waals surface area contributed by atoms with Gasteiger partial charge >= 0.3 is 5.97 Å². The normalized spacial score (nSPS) is 11.4. The summed E-state index contributed by atoms with van der Waals surface area (Å²) in [6, 6.07) is 14.7. The number of fused-ring (bicyclic) bond motifs is 1. The van der Waals surface area contributed by atoms with Gasteiger partial charge in [-0.15, -0.1) is 0 Å². The summed E-state index contributed by atoms with van der Waals surface area (Å²) in [6.07, 6.45) is 0. The molecule has 2 N–H and O–H groups in total. The van der Waals surface area contributed by atoms with Crippen molar-refractivity contribution in [3.63, 3.8) is 0 Å². The highest BCUT2D eigenvalue weighted by Crippen LogP contribution is 2.29. The summed E-state index contributed by atoms with van der Waals surface area (Å²) in [4.78, 5) is 27.7. The lowest BCUT2D eigenvalue weighted by Crippen LogP contribution is -2.10. The molecule has 0 unspecified atom stereocenters. The molecule has 0 fully saturated rings. The van der Waals surface area contributed by atoms with E-state index in [1.54, 1.807) is 24.3 Å². The van der Waals surface area contributed by atoms with Crippen LogP contribution in [0.5, 0.6) is 0 Å². The van der Waals surface area contributed by atoms with Gasteiger partial charge in [0.1, 0.15) is 0 Å². The van der Waals surface area contributed by atoms with Gasteiger partial charge in [-0.3, -0.25) is 4.79 Å². The third kappa shape index (κ3) is 3.97. The van der Waals surface area contributed by atoms with E-state index >= 15 is 0 Å². The number of carbonyl (C=O) groups is 2. The van der Waals surface area contributed by atoms with Gasteiger partial charge < -0.3 is 10.4 Å². The molecule has 0 spiro atoms. The molecule has 0 radical (unpaired) electrons. The Balaban J connectivity index is 2.12. The average Bonchev–Trinajstić information content (AvgIpc) is 2.59. The van der Waals surface area contributed by atoms with E-state index < -0.39 is 5.97 Å². The van der Waals surface area contributed by atoms with Gasteiger partial charge in [0, 0.05) is 23.6 Å². The molecule has 0 aliphatic heterocycles. The van der Waals surface area contributed by atoms with Crippen molar-refractivity contribution in [2.45, 2.75) is 33.1 Å². The zero-order valence-corrected chi connectivity index (χ0v) is 15.8. The third-order valence-electron chi connectivity index (χ3n) is 4.41. The number of carboxylic acids is 1. The Morgan fingerprint density at radius 3 is 2.22 bits per heavy atom. The van der Waals surface area contributed by atoms with Gasteiger partial charge in [-0.1, -0.05) is 45.0 Å². The van der Waals surface area contributed by atoms with Crippen molar-refractivity contribution in [3.05, 3.63) is 59.7 Å². The first-order valence-electron chi connectivity index (χ1n) is 8.72. The van der Waals surface area contributed by atoms with E-state index in [-0.39, 0.29) is 16.9 Å². The van der Waals surface area contributed by atoms with Crippen molar-refractivity contribution in [2.75, 3.05) is 5.32 Å². The van der Waals surface area contributed by atoms with Crippen LogP contribution in [0.25, 0.3) is 22.2 Å². The van der Waals surface area contributed by atoms with E-state index in [1.165, 1.54) is 12.5 Å². The number of benzene rings is 2. The number of aromatic carboxylic acids is 1. The zero-order chi connectivity index (χ0) is 19.8. The molecule has 3 rings (SSSR count). The molecule has 5 heteroatoms. The van der Waals surface area contributed by atoms with Crippen LogP contribution >= 0.6 is 0 Å². The monoisotopic (exact) mass is 362 g/mol. The predicted molar refractivity (Wildman–Crippen MR) is 107 cm³/mol. The minimum Gasteiger partial charge on any atom is -0.478 e. The maximum atomic E-state index is 11.8. The first-order chi connectivity index (χ1) is 12.6. The van der Waals surface area contributed by atoms with Crippen molar-refractivity contribution in [3.8, 4) is 11.3 Å². The fourth-order valence-corrected chi connectivity index (χ4v) is 2.97. The van der Waals surface area contributed by atoms with Crippen molar-refractivity contribution >= 4 is 28.5 Å². The number of carboxylic acid groups (broad SMARTS) is 1. The van der Waals surface area contributed by atoms with Crippen LogP contribution < -0.4 is 5.32 Å². The number of nitrogens with zero attached hydrogens (tertiary/aromatic N) is 1. The fourth-order valence-electron chi connectivity index (χ4n) is 2.97. The SMILES string of the molecule is CC(=O)Nc1ccc2nc(-c3ccc(C(C)(C)C)cc3)cc(C(=O)O)c2c1. The average molecular weight is 362 g/mol. The minimum atomic E-state index is -1.03. The van der Waals surface area contributed by atoms with E-state index in [9.17, 15) is 14.7 Å². The van der Waals surface area contributed by atoms with E-state index in [0.717, 1.165) is 5.56 Å². The molecule has 1 aromatic heterocycles. The van der Waals surface area contributed by atoms with Gasteiger partial charge in [0.15, 0.2) is 0 Å². The third-order valence-corrected chi connectivity index (χ3v) is 4.41. The van der Waals surface area contributed by atoms with Gasteiger partial charge in [-0.2, -0.15) is 0 Å². The van der Waals surface area contributed by atoms with Crippen molar-refractivity contribution in [1.82, 2.24) is 4.98 Å². The second-order valence-electron chi connectivity index (χ2n) is 7.60. The second kappa shape index (κ2) is 6.83. The molecule has 1 amide bonds. The molecule has 0 saturated carbocycles. The van der Waals surface area contributed by atoms with Crippen LogP contribution in [0.3, 0.4) is 0 Å². The quantitative estimate of drug-likeness (QED) is 0.698. The lowest BCUT2D eigenvalue weighted by Gasteiger charge is -2.19. The molecule has 2 aromatic carbocycles. The lowest BCUT2D eigenvalue weighted by molar-refractivity contribution is -0.114. The standard InChI is InChI=1S/C22H22N2O3/c1-13(25)23-16-9-10-19-17(11-16)18(21(26)27)12-20(24-19)14-5-7-15(8-6-14)22(2,3)4/h5-12H,1-4H3,(H,23,25)(H,26,27). The summed E-state index contributed by atoms with van der Waals surface area (Å²) in [7, 11) is 0. The number of carbonyl (C=O) groups excluding carboxylic acids is 1. The highest BCUT2D eigenvalue weighted by Gasteiger charge is 2.16. The van der Waals surface area contributed by atoms with Gasteiger partial charge in [-0.05, 0) is 35.2 Å². The number of anilines is 1. The molecule has 138 valence electrons. The highest BCUT2D eigenvalue weighted by atomic mass is 16.4. The molecule has 1 heterocycles. The number of nitrogens with one attached hydrogen (secondary N) is 1. The maximum Gasteiger partial charge on any atom is 0.336 e. The van der Waals surface area contributed by atoms with E-state index in [0.29, 0.717) is 22.3 Å². The fraction of sp³-hybridized carbons (Fsp3) is 0.227. The number of hydrogen-bond donors (Lipinski definition) is 2. The maximum absolute atomic E-state index is 11.8. The molecule has 0 bridgehead atoms. The smallest absolute Gasteiger partial charge is 0.336 e. The van der Waals surface area contributed by atoms with Gasteiger partial charge in [0.2, 0.25) is 5.91 Å². The van der Waals surface area contributed by atoms with Crippen molar-refractivity contribution in [2.24, 2.45) is 0 Å². The molecule has 0 aliphatic rings. The van der Waals surface area contributed by atoms with Crippen LogP contribution in [-0.4, -0.2) is 22.0 Å². The molecule has 0 atom stereocenters. The molecule has 0 saturated heterocycles. The Labute approximate surface area is 158 Å². The number of hydrogen-bond acceptors (Lipinski definition) is 3. The number of rotatable bonds is 3. The zero-order valence-electron chi connectivity index (χ0n) is 15.8. The topological polar surface area (TPSA) is 79.3 Å². The summed E-state index contributed by atoms with van der Waals surface area (Å²) in [5, 5.41) is 12.8. The van der Waals surface area contributed by atoms with Crippen molar-refractivity contribution < 1.29 is 14.7 Å². The van der Waals surface area contributed by atoms with E-state index in [1.807, 2.05) is 24.3 Å². The molecular formula is C22H22N2O3. The van der Waals surface area contributed by atoms with E-state index in [4.69, 9.17) is 0 Å². The predicted octanol–water partition coefficient (Wildman–Crippen LogP) is 4.86. The first kappa shape index (κ1) is 18.6. The Bertz CT molecular complexity index is 1030. The Kier molecular flexibility index (Phi) is 4.70. The molecule has 3 aromatic rings. The van der Waals surface area contributed by atoms with Crippen LogP contribution in [0.4, 0.5) is 5.69 Å². The molecule has 5 nitrogen and oxygen atoms in total. The lowest BCUT2D eigenvalue weighted by atomic mass is 9.86. The van der Waals surface area contributed by atoms with Crippen molar-refractivity contribution in [1.29, 1.82) is 0 Å². The van der Waals surface area contributed by atoms with Crippen LogP contribution in [0.2, 0.25) is 0 Å². The molecule has 27 heavy (non-hydrogen) atoms. The minimum absolute atomic E-state index is 0.0433. The Morgan fingerprint density at radius 1 is 1.00 bits per heavy atom. The largest absolute Gasteiger partial charge is 0.478 e. The summed E-state index contributed by atoms with van der Waals surface area (Å²) in [6.45, 7) is 7.84. The van der Waals surface area contributed by atoms with Gasteiger partial charge in [-0.25, -0.2) is 9.78 Å². The summed E-state index contributed by atoms with van der Waals surface area (Å²) >= 11 is 0. The second-order valence-corrected chi connectivity index (χ2v) is 7.60. The Hall–Kier alpha value is -3.21. The molecular weight excluding hydrogens is 340 g/mol. The summed E-state index contributed by atoms with van der Waals surface area (Å²) in [5.41, 5.74) is 3.97. The van der Waals surface area contributed by atoms with Crippen LogP contribution in [0, 0.1) is 0 Å². The Morgan fingerprint density at radius 2 is 1.67 bits per heavy atom. The van der Waals surface area contributed by atoms with Gasteiger partial charge in [0.25, 0.3) is 0 Å². The van der Waals surface area contributed by atoms with Crippen LogP contribution in [0.15, 0.2) is 48.5 Å². The van der Waals surface area contributed by atoms with Crippen LogP contribution in [0.1, 0.15) is 43.6 Å².